The molecule has 1 aromatic heterocycles. The lowest BCUT2D eigenvalue weighted by Gasteiger charge is -2.14. The van der Waals surface area contributed by atoms with Gasteiger partial charge in [0.1, 0.15) is 11.5 Å². The summed E-state index contributed by atoms with van der Waals surface area (Å²) < 4.78 is 14.7. The molecule has 7 nitrogen and oxygen atoms in total. The summed E-state index contributed by atoms with van der Waals surface area (Å²) in [5.41, 5.74) is 1.62. The highest BCUT2D eigenvalue weighted by molar-refractivity contribution is 9.10. The molecule has 1 atom stereocenters. The van der Waals surface area contributed by atoms with Crippen LogP contribution >= 0.6 is 27.7 Å². The van der Waals surface area contributed by atoms with Crippen LogP contribution in [0.4, 0.5) is 15.8 Å². The number of nitrogens with zero attached hydrogens (tertiary/aromatic N) is 1. The maximum Gasteiger partial charge on any atom is 0.272 e. The normalized spacial score (nSPS) is 11.8. The predicted octanol–water partition coefficient (Wildman–Crippen LogP) is 6.51. The van der Waals surface area contributed by atoms with E-state index in [4.69, 9.17) is 0 Å². The predicted molar refractivity (Wildman–Crippen MR) is 159 cm³/mol. The van der Waals surface area contributed by atoms with Gasteiger partial charge in [-0.3, -0.25) is 19.4 Å². The fraction of sp³-hybridized carbons (Fsp3) is 0.0667. The quantitative estimate of drug-likeness (QED) is 0.147. The van der Waals surface area contributed by atoms with Crippen LogP contribution in [0.1, 0.15) is 22.8 Å². The molecule has 3 aromatic carbocycles. The highest BCUT2D eigenvalue weighted by Gasteiger charge is 2.18. The van der Waals surface area contributed by atoms with Crippen molar-refractivity contribution in [2.75, 3.05) is 10.6 Å². The summed E-state index contributed by atoms with van der Waals surface area (Å²) in [5, 5.41) is 7.53. The van der Waals surface area contributed by atoms with Crippen molar-refractivity contribution in [3.8, 4) is 0 Å². The molecule has 3 amide bonds. The van der Waals surface area contributed by atoms with E-state index in [1.165, 1.54) is 30.0 Å². The molecule has 202 valence electrons. The van der Waals surface area contributed by atoms with E-state index in [1.54, 1.807) is 92.1 Å². The highest BCUT2D eigenvalue weighted by atomic mass is 79.9. The number of aromatic nitrogens is 1. The number of nitrogens with one attached hydrogen (secondary N) is 3. The van der Waals surface area contributed by atoms with Crippen molar-refractivity contribution in [2.24, 2.45) is 0 Å². The van der Waals surface area contributed by atoms with Gasteiger partial charge in [-0.25, -0.2) is 4.39 Å². The van der Waals surface area contributed by atoms with Gasteiger partial charge in [-0.2, -0.15) is 0 Å². The van der Waals surface area contributed by atoms with Gasteiger partial charge in [0.2, 0.25) is 5.91 Å². The zero-order chi connectivity index (χ0) is 28.5. The van der Waals surface area contributed by atoms with Crippen LogP contribution in [0.3, 0.4) is 0 Å². The maximum absolute atomic E-state index is 14.1. The molecule has 0 saturated heterocycles. The molecular weight excluding hydrogens is 595 g/mol. The minimum absolute atomic E-state index is 0.0316. The number of benzene rings is 3. The van der Waals surface area contributed by atoms with Gasteiger partial charge in [-0.15, -0.1) is 11.8 Å². The molecule has 0 fully saturated rings. The molecule has 4 aromatic rings. The molecule has 0 aliphatic heterocycles. The van der Waals surface area contributed by atoms with Crippen molar-refractivity contribution < 1.29 is 18.8 Å². The molecule has 10 heteroatoms. The van der Waals surface area contributed by atoms with Crippen LogP contribution in [0.15, 0.2) is 112 Å². The Morgan fingerprint density at radius 3 is 2.48 bits per heavy atom. The van der Waals surface area contributed by atoms with Crippen molar-refractivity contribution in [1.82, 2.24) is 10.3 Å². The van der Waals surface area contributed by atoms with E-state index < -0.39 is 22.9 Å². The number of carbonyl (C=O) groups is 3. The second-order valence-electron chi connectivity index (χ2n) is 8.52. The Morgan fingerprint density at radius 1 is 0.950 bits per heavy atom. The van der Waals surface area contributed by atoms with Crippen LogP contribution in [0, 0.1) is 5.82 Å². The van der Waals surface area contributed by atoms with Gasteiger partial charge >= 0.3 is 0 Å². The van der Waals surface area contributed by atoms with Crippen LogP contribution in [-0.2, 0) is 9.59 Å². The highest BCUT2D eigenvalue weighted by Crippen LogP contribution is 2.28. The third-order valence-corrected chi connectivity index (χ3v) is 7.07. The van der Waals surface area contributed by atoms with Gasteiger partial charge in [0.15, 0.2) is 0 Å². The van der Waals surface area contributed by atoms with Crippen molar-refractivity contribution >= 4 is 62.9 Å². The number of thioether (sulfide) groups is 1. The Labute approximate surface area is 243 Å². The molecule has 0 aliphatic carbocycles. The lowest BCUT2D eigenvalue weighted by atomic mass is 10.2. The van der Waals surface area contributed by atoms with E-state index in [0.29, 0.717) is 26.2 Å². The Kier molecular flexibility index (Phi) is 9.82. The maximum atomic E-state index is 14.1. The summed E-state index contributed by atoms with van der Waals surface area (Å²) in [6, 6.07) is 23.4. The Hall–Kier alpha value is -4.28. The minimum atomic E-state index is -0.555. The van der Waals surface area contributed by atoms with Gasteiger partial charge in [0.25, 0.3) is 11.8 Å². The van der Waals surface area contributed by atoms with Gasteiger partial charge in [-0.05, 0) is 73.2 Å². The molecule has 0 aliphatic rings. The van der Waals surface area contributed by atoms with Crippen molar-refractivity contribution in [1.29, 1.82) is 0 Å². The molecule has 1 unspecified atom stereocenters. The van der Waals surface area contributed by atoms with E-state index in [1.807, 2.05) is 0 Å². The van der Waals surface area contributed by atoms with Crippen LogP contribution in [0.5, 0.6) is 0 Å². The molecule has 0 bridgehead atoms. The summed E-state index contributed by atoms with van der Waals surface area (Å²) >= 11 is 4.45. The van der Waals surface area contributed by atoms with Crippen LogP contribution in [0.25, 0.3) is 6.08 Å². The molecule has 1 heterocycles. The van der Waals surface area contributed by atoms with Gasteiger partial charge in [-0.1, -0.05) is 46.3 Å². The molecule has 4 rings (SSSR count). The summed E-state index contributed by atoms with van der Waals surface area (Å²) in [6.07, 6.45) is 4.72. The van der Waals surface area contributed by atoms with E-state index in [0.717, 1.165) is 0 Å². The molecular formula is C30H24BrFN4O3S. The number of hydrogen-bond donors (Lipinski definition) is 3. The molecule has 3 N–H and O–H groups in total. The Morgan fingerprint density at radius 2 is 1.75 bits per heavy atom. The minimum Gasteiger partial charge on any atom is -0.323 e. The van der Waals surface area contributed by atoms with Crippen LogP contribution < -0.4 is 16.0 Å². The third-order valence-electron chi connectivity index (χ3n) is 5.49. The first kappa shape index (κ1) is 28.7. The fourth-order valence-corrected chi connectivity index (χ4v) is 4.76. The first-order chi connectivity index (χ1) is 19.3. The van der Waals surface area contributed by atoms with Gasteiger partial charge < -0.3 is 16.0 Å². The largest absolute Gasteiger partial charge is 0.323 e. The SMILES string of the molecule is CC(Sc1cccc(NC(=O)/C(=C/c2cccnc2)NC(=O)c2ccccc2)c1)C(=O)Nc1ccc(Br)cc1F. The van der Waals surface area contributed by atoms with Crippen molar-refractivity contribution in [3.63, 3.8) is 0 Å². The first-order valence-corrected chi connectivity index (χ1v) is 13.8. The zero-order valence-corrected chi connectivity index (χ0v) is 23.6. The standard InChI is InChI=1S/C30H24BrFN4O3S/c1-19(28(37)35-26-13-12-22(31)16-25(26)32)40-24-11-5-10-23(17-24)34-30(39)27(15-20-7-6-14-33-18-20)36-29(38)21-8-3-2-4-9-21/h2-19H,1H3,(H,34,39)(H,35,37)(H,36,38)/b27-15-. The Balaban J connectivity index is 1.46. The monoisotopic (exact) mass is 618 g/mol. The summed E-state index contributed by atoms with van der Waals surface area (Å²) in [4.78, 5) is 43.5. The second kappa shape index (κ2) is 13.7. The zero-order valence-electron chi connectivity index (χ0n) is 21.2. The number of rotatable bonds is 9. The van der Waals surface area contributed by atoms with Gasteiger partial charge in [0, 0.05) is 33.0 Å². The lowest BCUT2D eigenvalue weighted by molar-refractivity contribution is -0.115. The third kappa shape index (κ3) is 8.11. The number of amides is 3. The summed E-state index contributed by atoms with van der Waals surface area (Å²) in [5.74, 6) is -1.88. The number of carbonyl (C=O) groups excluding carboxylic acids is 3. The number of anilines is 2. The Bertz CT molecular complexity index is 1550. The van der Waals surface area contributed by atoms with Crippen molar-refractivity contribution in [2.45, 2.75) is 17.1 Å². The average molecular weight is 620 g/mol. The second-order valence-corrected chi connectivity index (χ2v) is 10.8. The van der Waals surface area contributed by atoms with E-state index in [2.05, 4.69) is 36.9 Å². The molecule has 0 saturated carbocycles. The molecule has 40 heavy (non-hydrogen) atoms. The number of pyridine rings is 1. The van der Waals surface area contributed by atoms with E-state index >= 15 is 0 Å². The number of halogens is 2. The fourth-order valence-electron chi connectivity index (χ4n) is 3.50. The smallest absolute Gasteiger partial charge is 0.272 e. The molecule has 0 spiro atoms. The summed E-state index contributed by atoms with van der Waals surface area (Å²) in [7, 11) is 0. The lowest BCUT2D eigenvalue weighted by Crippen LogP contribution is -2.30. The average Bonchev–Trinajstić information content (AvgIpc) is 2.95. The first-order valence-electron chi connectivity index (χ1n) is 12.1. The van der Waals surface area contributed by atoms with Crippen LogP contribution in [0.2, 0.25) is 0 Å². The van der Waals surface area contributed by atoms with Gasteiger partial charge in [0.05, 0.1) is 10.9 Å². The van der Waals surface area contributed by atoms with Crippen LogP contribution in [-0.4, -0.2) is 28.0 Å². The summed E-state index contributed by atoms with van der Waals surface area (Å²) in [6.45, 7) is 1.70. The topological polar surface area (TPSA) is 100 Å². The van der Waals surface area contributed by atoms with E-state index in [9.17, 15) is 18.8 Å². The van der Waals surface area contributed by atoms with Crippen molar-refractivity contribution in [3.05, 3.63) is 124 Å². The number of hydrogen-bond acceptors (Lipinski definition) is 5. The molecule has 0 radical (unpaired) electrons. The van der Waals surface area contributed by atoms with E-state index in [-0.39, 0.29) is 17.3 Å².